The number of carbonyl (C=O) groups excluding carboxylic acids is 3. The van der Waals surface area contributed by atoms with Gasteiger partial charge in [-0.1, -0.05) is 23.7 Å². The number of fused-ring (bicyclic) bond motifs is 1. The zero-order chi connectivity index (χ0) is 18.7. The second-order valence-electron chi connectivity index (χ2n) is 5.67. The topological polar surface area (TPSA) is 72.9 Å². The standard InChI is InChI=1S/C19H16ClNO5/c1-12(21-17(22)15-4-2-3-5-16(15)18(21)23)19(24)26-11-10-25-14-8-6-13(20)7-9-14/h2-9,12H,10-11H2,1H3. The van der Waals surface area contributed by atoms with E-state index in [0.717, 1.165) is 4.90 Å². The summed E-state index contributed by atoms with van der Waals surface area (Å²) in [6, 6.07) is 12.2. The fourth-order valence-electron chi connectivity index (χ4n) is 2.62. The Bertz CT molecular complexity index is 814. The van der Waals surface area contributed by atoms with E-state index in [1.807, 2.05) is 0 Å². The van der Waals surface area contributed by atoms with Crippen molar-refractivity contribution in [2.75, 3.05) is 13.2 Å². The van der Waals surface area contributed by atoms with Crippen LogP contribution in [-0.4, -0.2) is 41.9 Å². The van der Waals surface area contributed by atoms with E-state index < -0.39 is 23.8 Å². The molecule has 0 fully saturated rings. The normalized spacial score (nSPS) is 14.2. The molecule has 134 valence electrons. The van der Waals surface area contributed by atoms with Gasteiger partial charge in [-0.3, -0.25) is 14.5 Å². The van der Waals surface area contributed by atoms with Gasteiger partial charge in [0, 0.05) is 5.02 Å². The predicted octanol–water partition coefficient (Wildman–Crippen LogP) is 2.95. The van der Waals surface area contributed by atoms with Gasteiger partial charge < -0.3 is 9.47 Å². The molecule has 26 heavy (non-hydrogen) atoms. The van der Waals surface area contributed by atoms with Crippen molar-refractivity contribution in [2.24, 2.45) is 0 Å². The SMILES string of the molecule is CC(C(=O)OCCOc1ccc(Cl)cc1)N1C(=O)c2ccccc2C1=O. The van der Waals surface area contributed by atoms with E-state index in [4.69, 9.17) is 21.1 Å². The van der Waals surface area contributed by atoms with E-state index in [1.165, 1.54) is 6.92 Å². The third kappa shape index (κ3) is 3.55. The van der Waals surface area contributed by atoms with E-state index in [2.05, 4.69) is 0 Å². The summed E-state index contributed by atoms with van der Waals surface area (Å²) < 4.78 is 10.5. The van der Waals surface area contributed by atoms with Crippen molar-refractivity contribution < 1.29 is 23.9 Å². The molecule has 3 rings (SSSR count). The van der Waals surface area contributed by atoms with Crippen LogP contribution in [0, 0.1) is 0 Å². The van der Waals surface area contributed by atoms with Crippen LogP contribution in [0.5, 0.6) is 5.75 Å². The zero-order valence-corrected chi connectivity index (χ0v) is 14.7. The molecular weight excluding hydrogens is 358 g/mol. The van der Waals surface area contributed by atoms with E-state index in [0.29, 0.717) is 21.9 Å². The van der Waals surface area contributed by atoms with Crippen LogP contribution < -0.4 is 4.74 Å². The molecule has 0 bridgehead atoms. The molecule has 1 aliphatic rings. The minimum atomic E-state index is -1.02. The average Bonchev–Trinajstić information content (AvgIpc) is 2.90. The number of rotatable bonds is 6. The van der Waals surface area contributed by atoms with Crippen LogP contribution in [0.2, 0.25) is 5.02 Å². The van der Waals surface area contributed by atoms with E-state index in [-0.39, 0.29) is 13.2 Å². The van der Waals surface area contributed by atoms with Crippen LogP contribution in [-0.2, 0) is 9.53 Å². The lowest BCUT2D eigenvalue weighted by Gasteiger charge is -2.20. The number of nitrogens with zero attached hydrogens (tertiary/aromatic N) is 1. The number of carbonyl (C=O) groups is 3. The van der Waals surface area contributed by atoms with Gasteiger partial charge >= 0.3 is 5.97 Å². The molecule has 0 saturated heterocycles. The number of hydrogen-bond donors (Lipinski definition) is 0. The Morgan fingerprint density at radius 1 is 1.00 bits per heavy atom. The number of amides is 2. The summed E-state index contributed by atoms with van der Waals surface area (Å²) in [5.41, 5.74) is 0.589. The molecule has 6 nitrogen and oxygen atoms in total. The highest BCUT2D eigenvalue weighted by Gasteiger charge is 2.41. The van der Waals surface area contributed by atoms with E-state index in [9.17, 15) is 14.4 Å². The van der Waals surface area contributed by atoms with Crippen molar-refractivity contribution >= 4 is 29.4 Å². The molecule has 0 spiro atoms. The van der Waals surface area contributed by atoms with E-state index >= 15 is 0 Å². The highest BCUT2D eigenvalue weighted by atomic mass is 35.5. The van der Waals surface area contributed by atoms with E-state index in [1.54, 1.807) is 48.5 Å². The van der Waals surface area contributed by atoms with Crippen molar-refractivity contribution in [1.29, 1.82) is 0 Å². The van der Waals surface area contributed by atoms with Crippen molar-refractivity contribution in [3.05, 3.63) is 64.7 Å². The molecule has 1 aliphatic heterocycles. The minimum absolute atomic E-state index is 0.00499. The van der Waals surface area contributed by atoms with Crippen LogP contribution in [0.4, 0.5) is 0 Å². The molecule has 1 atom stereocenters. The molecule has 2 aromatic carbocycles. The molecular formula is C19H16ClNO5. The summed E-state index contributed by atoms with van der Waals surface area (Å²) in [5, 5.41) is 0.596. The number of esters is 1. The summed E-state index contributed by atoms with van der Waals surface area (Å²) in [6.45, 7) is 1.60. The van der Waals surface area contributed by atoms with Gasteiger partial charge in [0.15, 0.2) is 0 Å². The smallest absolute Gasteiger partial charge is 0.329 e. The van der Waals surface area contributed by atoms with Crippen LogP contribution in [0.1, 0.15) is 27.6 Å². The second-order valence-corrected chi connectivity index (χ2v) is 6.11. The molecule has 1 heterocycles. The molecule has 7 heteroatoms. The van der Waals surface area contributed by atoms with Crippen molar-refractivity contribution in [3.8, 4) is 5.75 Å². The largest absolute Gasteiger partial charge is 0.490 e. The lowest BCUT2D eigenvalue weighted by molar-refractivity contribution is -0.148. The van der Waals surface area contributed by atoms with Crippen molar-refractivity contribution in [1.82, 2.24) is 4.90 Å². The molecule has 1 unspecified atom stereocenters. The van der Waals surface area contributed by atoms with Gasteiger partial charge in [0.2, 0.25) is 0 Å². The first-order valence-corrected chi connectivity index (χ1v) is 8.39. The number of benzene rings is 2. The average molecular weight is 374 g/mol. The molecule has 0 radical (unpaired) electrons. The number of halogens is 1. The quantitative estimate of drug-likeness (QED) is 0.442. The van der Waals surface area contributed by atoms with Crippen molar-refractivity contribution in [2.45, 2.75) is 13.0 Å². The van der Waals surface area contributed by atoms with Crippen LogP contribution in [0.3, 0.4) is 0 Å². The summed E-state index contributed by atoms with van der Waals surface area (Å²) >= 11 is 5.78. The Labute approximate surface area is 155 Å². The van der Waals surface area contributed by atoms with Gasteiger partial charge in [-0.25, -0.2) is 4.79 Å². The molecule has 0 N–H and O–H groups in total. The molecule has 2 aromatic rings. The van der Waals surface area contributed by atoms with Gasteiger partial charge in [-0.2, -0.15) is 0 Å². The lowest BCUT2D eigenvalue weighted by atomic mass is 10.1. The summed E-state index contributed by atoms with van der Waals surface area (Å²) in [5.74, 6) is -1.06. The van der Waals surface area contributed by atoms with Crippen molar-refractivity contribution in [3.63, 3.8) is 0 Å². The maximum absolute atomic E-state index is 12.4. The van der Waals surface area contributed by atoms with Gasteiger partial charge in [0.05, 0.1) is 11.1 Å². The number of hydrogen-bond acceptors (Lipinski definition) is 5. The summed E-state index contributed by atoms with van der Waals surface area (Å²) in [6.07, 6.45) is 0. The van der Waals surface area contributed by atoms with Gasteiger partial charge in [-0.05, 0) is 43.3 Å². The zero-order valence-electron chi connectivity index (χ0n) is 14.0. The van der Waals surface area contributed by atoms with Crippen LogP contribution in [0.15, 0.2) is 48.5 Å². The monoisotopic (exact) mass is 373 g/mol. The first kappa shape index (κ1) is 17.9. The molecule has 0 aliphatic carbocycles. The Morgan fingerprint density at radius 3 is 2.15 bits per heavy atom. The fraction of sp³-hybridized carbons (Fsp3) is 0.211. The third-order valence-corrected chi connectivity index (χ3v) is 4.22. The van der Waals surface area contributed by atoms with Gasteiger partial charge in [0.25, 0.3) is 11.8 Å². The predicted molar refractivity (Wildman–Crippen MR) is 94.3 cm³/mol. The number of ether oxygens (including phenoxy) is 2. The fourth-order valence-corrected chi connectivity index (χ4v) is 2.74. The summed E-state index contributed by atoms with van der Waals surface area (Å²) in [4.78, 5) is 37.8. The van der Waals surface area contributed by atoms with Gasteiger partial charge in [0.1, 0.15) is 25.0 Å². The molecule has 0 aromatic heterocycles. The lowest BCUT2D eigenvalue weighted by Crippen LogP contribution is -2.44. The minimum Gasteiger partial charge on any atom is -0.490 e. The second kappa shape index (κ2) is 7.58. The highest BCUT2D eigenvalue weighted by molar-refractivity contribution is 6.30. The maximum Gasteiger partial charge on any atom is 0.329 e. The maximum atomic E-state index is 12.4. The van der Waals surface area contributed by atoms with Crippen LogP contribution >= 0.6 is 11.6 Å². The van der Waals surface area contributed by atoms with Gasteiger partial charge in [-0.15, -0.1) is 0 Å². The Kier molecular flexibility index (Phi) is 5.23. The third-order valence-electron chi connectivity index (χ3n) is 3.96. The Balaban J connectivity index is 1.53. The Hall–Kier alpha value is -2.86. The summed E-state index contributed by atoms with van der Waals surface area (Å²) in [7, 11) is 0. The Morgan fingerprint density at radius 2 is 1.58 bits per heavy atom. The first-order valence-electron chi connectivity index (χ1n) is 8.01. The first-order chi connectivity index (χ1) is 12.5. The highest BCUT2D eigenvalue weighted by Crippen LogP contribution is 2.24. The van der Waals surface area contributed by atoms with Crippen LogP contribution in [0.25, 0.3) is 0 Å². The molecule has 0 saturated carbocycles. The number of imide groups is 1. The molecule has 2 amide bonds.